The lowest BCUT2D eigenvalue weighted by atomic mass is 10.2. The maximum atomic E-state index is 5.69. The van der Waals surface area contributed by atoms with Gasteiger partial charge in [0.1, 0.15) is 6.61 Å². The van der Waals surface area contributed by atoms with Gasteiger partial charge in [-0.3, -0.25) is 4.90 Å². The zero-order valence-corrected chi connectivity index (χ0v) is 21.2. The molecule has 0 unspecified atom stereocenters. The van der Waals surface area contributed by atoms with E-state index in [1.165, 1.54) is 0 Å². The number of aromatic nitrogens is 1. The summed E-state index contributed by atoms with van der Waals surface area (Å²) in [5.41, 5.74) is 0.960. The molecule has 0 saturated carbocycles. The predicted octanol–water partition coefficient (Wildman–Crippen LogP) is 3.29. The summed E-state index contributed by atoms with van der Waals surface area (Å²) in [6, 6.07) is 5.01. The molecule has 0 spiro atoms. The van der Waals surface area contributed by atoms with E-state index in [0.29, 0.717) is 37.7 Å². The molecular weight excluding hydrogens is 481 g/mol. The van der Waals surface area contributed by atoms with Crippen LogP contribution in [0.3, 0.4) is 0 Å². The van der Waals surface area contributed by atoms with Crippen LogP contribution in [-0.4, -0.2) is 67.9 Å². The van der Waals surface area contributed by atoms with Crippen molar-refractivity contribution < 1.29 is 9.47 Å². The molecule has 0 aliphatic heterocycles. The van der Waals surface area contributed by atoms with Crippen LogP contribution in [0.4, 0.5) is 0 Å². The zero-order valence-electron chi connectivity index (χ0n) is 18.9. The number of halogens is 1. The molecule has 0 fully saturated rings. The lowest BCUT2D eigenvalue weighted by Crippen LogP contribution is -2.41. The maximum absolute atomic E-state index is 5.69. The van der Waals surface area contributed by atoms with E-state index in [4.69, 9.17) is 9.47 Å². The van der Waals surface area contributed by atoms with Gasteiger partial charge in [0.15, 0.2) is 5.96 Å². The van der Waals surface area contributed by atoms with E-state index < -0.39 is 0 Å². The lowest BCUT2D eigenvalue weighted by molar-refractivity contribution is 0.143. The molecule has 1 aromatic rings. The third-order valence-corrected chi connectivity index (χ3v) is 4.34. The fraction of sp³-hybridized carbons (Fsp3) is 0.714. The molecule has 29 heavy (non-hydrogen) atoms. The number of nitrogens with one attached hydrogen (secondary N) is 2. The van der Waals surface area contributed by atoms with Crippen LogP contribution >= 0.6 is 24.0 Å². The van der Waals surface area contributed by atoms with Gasteiger partial charge in [-0.1, -0.05) is 6.07 Å². The maximum Gasteiger partial charge on any atom is 0.218 e. The largest absolute Gasteiger partial charge is 0.475 e. The van der Waals surface area contributed by atoms with E-state index >= 15 is 0 Å². The second kappa shape index (κ2) is 16.6. The van der Waals surface area contributed by atoms with Gasteiger partial charge in [-0.15, -0.1) is 24.0 Å². The fourth-order valence-corrected chi connectivity index (χ4v) is 2.98. The summed E-state index contributed by atoms with van der Waals surface area (Å²) < 4.78 is 10.7. The first-order chi connectivity index (χ1) is 13.5. The quantitative estimate of drug-likeness (QED) is 0.180. The molecule has 0 amide bonds. The Balaban J connectivity index is 0.00000784. The molecule has 1 heterocycles. The van der Waals surface area contributed by atoms with Gasteiger partial charge in [0.25, 0.3) is 0 Å². The summed E-state index contributed by atoms with van der Waals surface area (Å²) in [6.45, 7) is 15.4. The number of guanidine groups is 1. The molecule has 0 radical (unpaired) electrons. The van der Waals surface area contributed by atoms with Gasteiger partial charge >= 0.3 is 0 Å². The number of aliphatic imine (C=N–C) groups is 1. The molecule has 7 nitrogen and oxygen atoms in total. The molecule has 0 aromatic carbocycles. The predicted molar refractivity (Wildman–Crippen MR) is 131 cm³/mol. The van der Waals surface area contributed by atoms with Gasteiger partial charge in [0.05, 0.1) is 13.2 Å². The molecule has 168 valence electrons. The highest BCUT2D eigenvalue weighted by Crippen LogP contribution is 2.15. The third kappa shape index (κ3) is 11.6. The van der Waals surface area contributed by atoms with Crippen LogP contribution in [0.2, 0.25) is 0 Å². The highest BCUT2D eigenvalue weighted by molar-refractivity contribution is 14.0. The van der Waals surface area contributed by atoms with E-state index in [9.17, 15) is 0 Å². The number of pyridine rings is 1. The van der Waals surface area contributed by atoms with Crippen LogP contribution in [0, 0.1) is 0 Å². The van der Waals surface area contributed by atoms with Crippen molar-refractivity contribution in [3.8, 4) is 5.88 Å². The molecular formula is C21H40IN5O2. The number of ether oxygens (including phenoxy) is 2. The van der Waals surface area contributed by atoms with Crippen molar-refractivity contribution in [2.45, 2.75) is 59.7 Å². The second-order valence-corrected chi connectivity index (χ2v) is 7.21. The van der Waals surface area contributed by atoms with E-state index in [1.807, 2.05) is 12.1 Å². The van der Waals surface area contributed by atoms with Crippen LogP contribution in [0.5, 0.6) is 5.88 Å². The normalized spacial score (nSPS) is 11.7. The average Bonchev–Trinajstić information content (AvgIpc) is 2.66. The van der Waals surface area contributed by atoms with Crippen LogP contribution in [0.15, 0.2) is 23.3 Å². The smallest absolute Gasteiger partial charge is 0.218 e. The first-order valence-corrected chi connectivity index (χ1v) is 10.3. The number of hydrogen-bond acceptors (Lipinski definition) is 5. The Kier molecular flexibility index (Phi) is 16.0. The number of methoxy groups -OCH3 is 1. The standard InChI is InChI=1S/C21H39N5O2.HI/c1-7-22-21(24-12-9-13-26(17(2)3)18(4)5)25-16-19-10-8-11-23-20(19)28-15-14-27-6;/h8,10-11,17-18H,7,9,12-16H2,1-6H3,(H2,22,24,25);1H. The van der Waals surface area contributed by atoms with Crippen molar-refractivity contribution in [1.29, 1.82) is 0 Å². The van der Waals surface area contributed by atoms with Crippen molar-refractivity contribution in [2.75, 3.05) is 40.0 Å². The SMILES string of the molecule is CCNC(=NCc1cccnc1OCCOC)NCCCN(C(C)C)C(C)C.I. The summed E-state index contributed by atoms with van der Waals surface area (Å²) in [5, 5.41) is 6.73. The summed E-state index contributed by atoms with van der Waals surface area (Å²) in [4.78, 5) is 11.5. The molecule has 2 N–H and O–H groups in total. The Morgan fingerprint density at radius 2 is 1.90 bits per heavy atom. The highest BCUT2D eigenvalue weighted by Gasteiger charge is 2.12. The van der Waals surface area contributed by atoms with Crippen molar-refractivity contribution in [1.82, 2.24) is 20.5 Å². The molecule has 0 saturated heterocycles. The third-order valence-electron chi connectivity index (χ3n) is 4.34. The minimum Gasteiger partial charge on any atom is -0.475 e. The Labute approximate surface area is 194 Å². The van der Waals surface area contributed by atoms with E-state index in [0.717, 1.165) is 37.6 Å². The van der Waals surface area contributed by atoms with Crippen molar-refractivity contribution in [2.24, 2.45) is 4.99 Å². The summed E-state index contributed by atoms with van der Waals surface area (Å²) in [5.74, 6) is 1.43. The van der Waals surface area contributed by atoms with Crippen LogP contribution in [0.25, 0.3) is 0 Å². The minimum absolute atomic E-state index is 0. The monoisotopic (exact) mass is 521 g/mol. The Bertz CT molecular complexity index is 562. The molecule has 0 bridgehead atoms. The molecule has 1 aromatic heterocycles. The van der Waals surface area contributed by atoms with Crippen molar-refractivity contribution in [3.05, 3.63) is 23.9 Å². The van der Waals surface area contributed by atoms with E-state index in [1.54, 1.807) is 13.3 Å². The molecule has 8 heteroatoms. The van der Waals surface area contributed by atoms with Gasteiger partial charge in [-0.05, 0) is 47.1 Å². The molecule has 0 atom stereocenters. The lowest BCUT2D eigenvalue weighted by Gasteiger charge is -2.30. The summed E-state index contributed by atoms with van der Waals surface area (Å²) >= 11 is 0. The van der Waals surface area contributed by atoms with Gasteiger partial charge in [-0.25, -0.2) is 9.98 Å². The molecule has 1 rings (SSSR count). The Morgan fingerprint density at radius 1 is 1.17 bits per heavy atom. The Hall–Kier alpha value is -1.13. The van der Waals surface area contributed by atoms with Gasteiger partial charge in [0, 0.05) is 50.6 Å². The number of rotatable bonds is 13. The average molecular weight is 521 g/mol. The molecule has 0 aliphatic rings. The van der Waals surface area contributed by atoms with Crippen molar-refractivity contribution in [3.63, 3.8) is 0 Å². The Morgan fingerprint density at radius 3 is 2.52 bits per heavy atom. The van der Waals surface area contributed by atoms with Gasteiger partial charge < -0.3 is 20.1 Å². The van der Waals surface area contributed by atoms with Crippen molar-refractivity contribution >= 4 is 29.9 Å². The summed E-state index contributed by atoms with van der Waals surface area (Å²) in [6.07, 6.45) is 2.80. The summed E-state index contributed by atoms with van der Waals surface area (Å²) in [7, 11) is 1.66. The van der Waals surface area contributed by atoms with Gasteiger partial charge in [-0.2, -0.15) is 0 Å². The van der Waals surface area contributed by atoms with Gasteiger partial charge in [0.2, 0.25) is 5.88 Å². The minimum atomic E-state index is 0. The van der Waals surface area contributed by atoms with E-state index in [2.05, 4.69) is 60.1 Å². The van der Waals surface area contributed by atoms with Crippen LogP contribution in [0.1, 0.15) is 46.6 Å². The highest BCUT2D eigenvalue weighted by atomic mass is 127. The first kappa shape index (κ1) is 27.9. The number of nitrogens with zero attached hydrogens (tertiary/aromatic N) is 3. The molecule has 0 aliphatic carbocycles. The van der Waals surface area contributed by atoms with E-state index in [-0.39, 0.29) is 24.0 Å². The second-order valence-electron chi connectivity index (χ2n) is 7.21. The van der Waals surface area contributed by atoms with Crippen LogP contribution in [-0.2, 0) is 11.3 Å². The van der Waals surface area contributed by atoms with Crippen LogP contribution < -0.4 is 15.4 Å². The number of hydrogen-bond donors (Lipinski definition) is 2. The zero-order chi connectivity index (χ0) is 20.8. The first-order valence-electron chi connectivity index (χ1n) is 10.3. The fourth-order valence-electron chi connectivity index (χ4n) is 2.98. The topological polar surface area (TPSA) is 71.0 Å².